The number of benzene rings is 1. The summed E-state index contributed by atoms with van der Waals surface area (Å²) in [6, 6.07) is 8.75. The van der Waals surface area contributed by atoms with Crippen molar-refractivity contribution in [2.75, 3.05) is 79.0 Å². The van der Waals surface area contributed by atoms with Gasteiger partial charge in [-0.25, -0.2) is 9.59 Å². The average molecular weight is 503 g/mol. The maximum atomic E-state index is 12.3. The van der Waals surface area contributed by atoms with E-state index in [9.17, 15) is 19.8 Å². The monoisotopic (exact) mass is 502 g/mol. The Kier molecular flexibility index (Phi) is 20.0. The molecule has 34 heavy (non-hydrogen) atoms. The second-order valence-electron chi connectivity index (χ2n) is 7.32. The van der Waals surface area contributed by atoms with E-state index in [2.05, 4.69) is 5.32 Å². The van der Waals surface area contributed by atoms with Crippen molar-refractivity contribution >= 4 is 11.9 Å². The van der Waals surface area contributed by atoms with Gasteiger partial charge in [-0.15, -0.1) is 0 Å². The molecule has 1 aromatic rings. The maximum Gasteiger partial charge on any atom is 1.00 e. The molecule has 0 saturated carbocycles. The van der Waals surface area contributed by atoms with Crippen LogP contribution in [-0.4, -0.2) is 112 Å². The van der Waals surface area contributed by atoms with Gasteiger partial charge in [0.25, 0.3) is 0 Å². The second kappa shape index (κ2) is 20.0. The third-order valence-corrected chi connectivity index (χ3v) is 5.15. The molecule has 0 bridgehead atoms. The minimum absolute atomic E-state index is 0. The van der Waals surface area contributed by atoms with E-state index in [0.29, 0.717) is 58.3 Å². The zero-order chi connectivity index (χ0) is 23.1. The van der Waals surface area contributed by atoms with Gasteiger partial charge >= 0.3 is 71.1 Å². The fraction of sp³-hybridized carbons (Fsp3) is 0.636. The van der Waals surface area contributed by atoms with Crippen molar-refractivity contribution in [3.05, 3.63) is 35.9 Å². The Hall–Kier alpha value is -0.0800. The molecule has 0 amide bonds. The molecule has 3 N–H and O–H groups in total. The number of ether oxygens (including phenoxy) is 4. The third-order valence-electron chi connectivity index (χ3n) is 5.15. The molecule has 0 aliphatic carbocycles. The van der Waals surface area contributed by atoms with Gasteiger partial charge in [-0.2, -0.15) is 0 Å². The van der Waals surface area contributed by atoms with Crippen LogP contribution in [0.3, 0.4) is 0 Å². The summed E-state index contributed by atoms with van der Waals surface area (Å²) in [4.78, 5) is 26.1. The van der Waals surface area contributed by atoms with Crippen molar-refractivity contribution in [3.8, 4) is 0 Å². The number of carbonyl (C=O) groups is 2. The minimum atomic E-state index is -2.15. The maximum absolute atomic E-state index is 12.3. The van der Waals surface area contributed by atoms with Crippen molar-refractivity contribution in [3.63, 3.8) is 0 Å². The van der Waals surface area contributed by atoms with E-state index in [0.717, 1.165) is 0 Å². The molecule has 1 saturated heterocycles. The molecule has 1 heterocycles. The van der Waals surface area contributed by atoms with Crippen LogP contribution >= 0.6 is 0 Å². The number of carboxylic acid groups (broad SMARTS) is 2. The molecule has 12 heteroatoms. The summed E-state index contributed by atoms with van der Waals surface area (Å²) in [6.45, 7) is 4.51. The molecule has 0 spiro atoms. The SMILES string of the molecule is O=C(O)C(Cc1ccccc1)(C(=O)O)N1CCOCCOCCNCCOCCOCC1.[H-].[H-].[Na+].[Na+]. The van der Waals surface area contributed by atoms with Crippen LogP contribution < -0.4 is 64.4 Å². The van der Waals surface area contributed by atoms with Gasteiger partial charge in [0.05, 0.1) is 52.9 Å². The molecule has 184 valence electrons. The number of carboxylic acids is 2. The first-order chi connectivity index (χ1) is 15.6. The quantitative estimate of drug-likeness (QED) is 0.265. The molecular weight excluding hydrogens is 466 g/mol. The van der Waals surface area contributed by atoms with E-state index in [-0.39, 0.29) is 94.7 Å². The van der Waals surface area contributed by atoms with E-state index in [1.165, 1.54) is 4.90 Å². The van der Waals surface area contributed by atoms with Crippen molar-refractivity contribution in [2.45, 2.75) is 12.0 Å². The van der Waals surface area contributed by atoms with Crippen molar-refractivity contribution < 1.29 is 101 Å². The summed E-state index contributed by atoms with van der Waals surface area (Å²) in [5, 5.41) is 23.3. The first-order valence-electron chi connectivity index (χ1n) is 10.8. The summed E-state index contributed by atoms with van der Waals surface area (Å²) in [7, 11) is 0. The van der Waals surface area contributed by atoms with Crippen LogP contribution in [0, 0.1) is 0 Å². The molecule has 0 atom stereocenters. The fourth-order valence-corrected chi connectivity index (χ4v) is 3.42. The van der Waals surface area contributed by atoms with Gasteiger partial charge in [0.15, 0.2) is 0 Å². The molecule has 1 aliphatic heterocycles. The summed E-state index contributed by atoms with van der Waals surface area (Å²) in [5.74, 6) is -2.84. The Balaban J connectivity index is -0.00000272. The topological polar surface area (TPSA) is 127 Å². The molecule has 1 aliphatic rings. The zero-order valence-corrected chi connectivity index (χ0v) is 24.4. The van der Waals surface area contributed by atoms with Gasteiger partial charge in [0.1, 0.15) is 0 Å². The molecular formula is C22H36N2Na2O8. The van der Waals surface area contributed by atoms with Gasteiger partial charge in [0.2, 0.25) is 5.54 Å². The molecule has 0 unspecified atom stereocenters. The van der Waals surface area contributed by atoms with Crippen molar-refractivity contribution in [1.29, 1.82) is 0 Å². The van der Waals surface area contributed by atoms with E-state index in [1.54, 1.807) is 30.3 Å². The van der Waals surface area contributed by atoms with Gasteiger partial charge in [-0.3, -0.25) is 4.90 Å². The Morgan fingerprint density at radius 1 is 0.794 bits per heavy atom. The Labute approximate surface area is 248 Å². The summed E-state index contributed by atoms with van der Waals surface area (Å²) in [5.41, 5.74) is -1.53. The number of nitrogens with zero attached hydrogens (tertiary/aromatic N) is 1. The number of hydrogen-bond acceptors (Lipinski definition) is 8. The Bertz CT molecular complexity index is 663. The largest absolute Gasteiger partial charge is 1.00 e. The standard InChI is InChI=1S/C22H34N2O8.2Na.2H/c25-20(26)22(21(27)28,18-19-4-2-1-3-5-19)24-8-12-31-16-14-29-10-6-23-7-11-30-15-17-32-13-9-24;;;;/h1-5,23H,6-18H2,(H,25,26)(H,27,28);;;;/q;2*+1;2*-1. The Morgan fingerprint density at radius 3 is 1.68 bits per heavy atom. The van der Waals surface area contributed by atoms with E-state index >= 15 is 0 Å². The van der Waals surface area contributed by atoms with E-state index < -0.39 is 17.5 Å². The van der Waals surface area contributed by atoms with Crippen LogP contribution in [-0.2, 0) is 35.0 Å². The normalized spacial score (nSPS) is 18.4. The predicted octanol–water partition coefficient (Wildman–Crippen LogP) is -5.66. The van der Waals surface area contributed by atoms with Crippen LogP contribution in [0.15, 0.2) is 30.3 Å². The minimum Gasteiger partial charge on any atom is -1.00 e. The second-order valence-corrected chi connectivity index (χ2v) is 7.32. The average Bonchev–Trinajstić information content (AvgIpc) is 2.78. The zero-order valence-electron chi connectivity index (χ0n) is 22.4. The van der Waals surface area contributed by atoms with Gasteiger partial charge in [-0.05, 0) is 5.56 Å². The molecule has 10 nitrogen and oxygen atoms in total. The number of hydrogen-bond donors (Lipinski definition) is 3. The number of aliphatic carboxylic acids is 2. The van der Waals surface area contributed by atoms with Crippen LogP contribution in [0.2, 0.25) is 0 Å². The van der Waals surface area contributed by atoms with Gasteiger partial charge < -0.3 is 37.3 Å². The van der Waals surface area contributed by atoms with E-state index in [1.807, 2.05) is 0 Å². The third kappa shape index (κ3) is 11.8. The van der Waals surface area contributed by atoms with Crippen LogP contribution in [0.5, 0.6) is 0 Å². The summed E-state index contributed by atoms with van der Waals surface area (Å²) < 4.78 is 22.1. The summed E-state index contributed by atoms with van der Waals surface area (Å²) in [6.07, 6.45) is -0.183. The summed E-state index contributed by atoms with van der Waals surface area (Å²) >= 11 is 0. The van der Waals surface area contributed by atoms with Gasteiger partial charge in [0, 0.05) is 32.6 Å². The van der Waals surface area contributed by atoms with E-state index in [4.69, 9.17) is 18.9 Å². The Morgan fingerprint density at radius 2 is 1.24 bits per heavy atom. The molecule has 1 fully saturated rings. The predicted molar refractivity (Wildman–Crippen MR) is 118 cm³/mol. The van der Waals surface area contributed by atoms with Crippen LogP contribution in [0.1, 0.15) is 8.42 Å². The van der Waals surface area contributed by atoms with Crippen molar-refractivity contribution in [2.24, 2.45) is 0 Å². The van der Waals surface area contributed by atoms with Crippen LogP contribution in [0.25, 0.3) is 0 Å². The van der Waals surface area contributed by atoms with Crippen molar-refractivity contribution in [1.82, 2.24) is 10.2 Å². The van der Waals surface area contributed by atoms with Crippen LogP contribution in [0.4, 0.5) is 0 Å². The number of rotatable bonds is 5. The molecule has 0 aromatic heterocycles. The first-order valence-corrected chi connectivity index (χ1v) is 10.8. The smallest absolute Gasteiger partial charge is 1.00 e. The number of nitrogens with one attached hydrogen (secondary N) is 1. The first kappa shape index (κ1) is 33.9. The molecule has 0 radical (unpaired) electrons. The molecule has 1 aromatic carbocycles. The fourth-order valence-electron chi connectivity index (χ4n) is 3.42. The van der Waals surface area contributed by atoms with Gasteiger partial charge in [-0.1, -0.05) is 30.3 Å². The molecule has 2 rings (SSSR count).